The van der Waals surface area contributed by atoms with Gasteiger partial charge >= 0.3 is 11.7 Å². The van der Waals surface area contributed by atoms with Crippen LogP contribution in [0, 0.1) is 10.1 Å². The van der Waals surface area contributed by atoms with Crippen LogP contribution in [0.15, 0.2) is 54.6 Å². The Morgan fingerprint density at radius 3 is 2.54 bits per heavy atom. The molecule has 0 aromatic heterocycles. The number of anilines is 1. The Labute approximate surface area is 161 Å². The van der Waals surface area contributed by atoms with Crippen molar-refractivity contribution in [3.63, 3.8) is 0 Å². The Bertz CT molecular complexity index is 941. The number of nitro benzene ring substituents is 1. The van der Waals surface area contributed by atoms with Crippen molar-refractivity contribution in [3.8, 4) is 5.75 Å². The highest BCUT2D eigenvalue weighted by Crippen LogP contribution is 2.37. The second kappa shape index (κ2) is 7.91. The van der Waals surface area contributed by atoms with Gasteiger partial charge in [0.25, 0.3) is 5.91 Å². The summed E-state index contributed by atoms with van der Waals surface area (Å²) in [7, 11) is 1.33. The molecule has 2 atom stereocenters. The van der Waals surface area contributed by atoms with Crippen LogP contribution in [0.5, 0.6) is 5.75 Å². The van der Waals surface area contributed by atoms with Gasteiger partial charge in [-0.2, -0.15) is 0 Å². The van der Waals surface area contributed by atoms with Crippen LogP contribution in [0.2, 0.25) is 0 Å². The smallest absolute Gasteiger partial charge is 0.312 e. The molecule has 1 heterocycles. The third-order valence-electron chi connectivity index (χ3n) is 4.30. The lowest BCUT2D eigenvalue weighted by Gasteiger charge is -2.44. The Kier molecular flexibility index (Phi) is 5.39. The number of methoxy groups -OCH3 is 1. The van der Waals surface area contributed by atoms with Crippen molar-refractivity contribution in [2.45, 2.75) is 19.1 Å². The molecule has 1 fully saturated rings. The number of carbonyl (C=O) groups is 2. The first-order chi connectivity index (χ1) is 13.4. The van der Waals surface area contributed by atoms with Crippen LogP contribution in [-0.2, 0) is 14.3 Å². The molecular weight excluding hydrogens is 364 g/mol. The zero-order chi connectivity index (χ0) is 20.3. The van der Waals surface area contributed by atoms with E-state index in [1.165, 1.54) is 31.1 Å². The number of benzene rings is 2. The fourth-order valence-electron chi connectivity index (χ4n) is 3.01. The van der Waals surface area contributed by atoms with E-state index in [1.54, 1.807) is 18.2 Å². The molecule has 8 nitrogen and oxygen atoms in total. The summed E-state index contributed by atoms with van der Waals surface area (Å²) in [5.41, 5.74) is 0.974. The van der Waals surface area contributed by atoms with Gasteiger partial charge in [-0.15, -0.1) is 0 Å². The Morgan fingerprint density at radius 1 is 1.21 bits per heavy atom. The summed E-state index contributed by atoms with van der Waals surface area (Å²) in [6.07, 6.45) is 2.57. The van der Waals surface area contributed by atoms with Crippen LogP contribution < -0.4 is 9.64 Å². The van der Waals surface area contributed by atoms with E-state index in [4.69, 9.17) is 9.47 Å². The number of ether oxygens (including phenoxy) is 2. The maximum absolute atomic E-state index is 12.6. The molecule has 1 aliphatic rings. The van der Waals surface area contributed by atoms with E-state index >= 15 is 0 Å². The first-order valence-corrected chi connectivity index (χ1v) is 8.48. The van der Waals surface area contributed by atoms with Gasteiger partial charge in [-0.1, -0.05) is 42.5 Å². The van der Waals surface area contributed by atoms with E-state index in [2.05, 4.69) is 0 Å². The van der Waals surface area contributed by atoms with Crippen LogP contribution in [-0.4, -0.2) is 36.1 Å². The lowest BCUT2D eigenvalue weighted by Crippen LogP contribution is -2.65. The SMILES string of the molecule is COc1ccc(N2C(=O)[C@@H](OC(C)=O)[C@H]2/C=C/c2ccccc2)cc1[N+](=O)[O-]. The summed E-state index contributed by atoms with van der Waals surface area (Å²) in [6, 6.07) is 13.1. The third-order valence-corrected chi connectivity index (χ3v) is 4.30. The van der Waals surface area contributed by atoms with Crippen molar-refractivity contribution in [2.75, 3.05) is 12.0 Å². The predicted octanol–water partition coefficient (Wildman–Crippen LogP) is 2.96. The molecule has 0 radical (unpaired) electrons. The summed E-state index contributed by atoms with van der Waals surface area (Å²) in [6.45, 7) is 1.23. The zero-order valence-corrected chi connectivity index (χ0v) is 15.3. The number of amides is 1. The number of β-lactam (4-membered cyclic amide) rings is 1. The van der Waals surface area contributed by atoms with E-state index in [-0.39, 0.29) is 11.4 Å². The maximum atomic E-state index is 12.6. The quantitative estimate of drug-likeness (QED) is 0.330. The summed E-state index contributed by atoms with van der Waals surface area (Å²) >= 11 is 0. The highest BCUT2D eigenvalue weighted by Gasteiger charge is 2.49. The molecule has 3 rings (SSSR count). The van der Waals surface area contributed by atoms with Gasteiger partial charge in [-0.05, 0) is 17.7 Å². The molecule has 0 N–H and O–H groups in total. The third kappa shape index (κ3) is 3.71. The first-order valence-electron chi connectivity index (χ1n) is 8.48. The Hall–Kier alpha value is -3.68. The number of hydrogen-bond acceptors (Lipinski definition) is 6. The lowest BCUT2D eigenvalue weighted by atomic mass is 9.95. The van der Waals surface area contributed by atoms with E-state index in [1.807, 2.05) is 30.3 Å². The van der Waals surface area contributed by atoms with Crippen molar-refractivity contribution >= 4 is 29.3 Å². The number of carbonyl (C=O) groups excluding carboxylic acids is 2. The largest absolute Gasteiger partial charge is 0.490 e. The molecular formula is C20H18N2O6. The number of nitro groups is 1. The molecule has 0 unspecified atom stereocenters. The van der Waals surface area contributed by atoms with Crippen LogP contribution in [0.1, 0.15) is 12.5 Å². The number of rotatable bonds is 6. The van der Waals surface area contributed by atoms with Crippen molar-refractivity contribution in [2.24, 2.45) is 0 Å². The molecule has 2 aromatic carbocycles. The van der Waals surface area contributed by atoms with Crippen LogP contribution in [0.3, 0.4) is 0 Å². The van der Waals surface area contributed by atoms with Gasteiger partial charge < -0.3 is 9.47 Å². The van der Waals surface area contributed by atoms with Gasteiger partial charge in [0.2, 0.25) is 6.10 Å². The number of hydrogen-bond donors (Lipinski definition) is 0. The molecule has 2 aromatic rings. The summed E-state index contributed by atoms with van der Waals surface area (Å²) < 4.78 is 10.1. The van der Waals surface area contributed by atoms with Gasteiger partial charge in [0.05, 0.1) is 17.7 Å². The van der Waals surface area contributed by atoms with E-state index < -0.39 is 28.9 Å². The standard InChI is InChI=1S/C20H18N2O6/c1-13(23)28-19-16(10-8-14-6-4-3-5-7-14)21(20(19)24)15-9-11-18(27-2)17(12-15)22(25)26/h3-12,16,19H,1-2H3/b10-8+/t16-,19+/m1/s1. The molecule has 1 saturated heterocycles. The average Bonchev–Trinajstić information content (AvgIpc) is 2.69. The van der Waals surface area contributed by atoms with Crippen molar-refractivity contribution in [1.82, 2.24) is 0 Å². The summed E-state index contributed by atoms with van der Waals surface area (Å²) in [4.78, 5) is 36.0. The summed E-state index contributed by atoms with van der Waals surface area (Å²) in [5.74, 6) is -0.927. The predicted molar refractivity (Wildman–Crippen MR) is 102 cm³/mol. The maximum Gasteiger partial charge on any atom is 0.312 e. The molecule has 144 valence electrons. The van der Waals surface area contributed by atoms with Gasteiger partial charge in [0.15, 0.2) is 5.75 Å². The molecule has 0 saturated carbocycles. The fourth-order valence-corrected chi connectivity index (χ4v) is 3.01. The van der Waals surface area contributed by atoms with Gasteiger partial charge in [0, 0.05) is 13.0 Å². The van der Waals surface area contributed by atoms with E-state index in [0.717, 1.165) is 5.56 Å². The summed E-state index contributed by atoms with van der Waals surface area (Å²) in [5, 5.41) is 11.3. The van der Waals surface area contributed by atoms with Gasteiger partial charge in [0.1, 0.15) is 6.04 Å². The molecule has 28 heavy (non-hydrogen) atoms. The normalized spacial score (nSPS) is 18.6. The van der Waals surface area contributed by atoms with E-state index in [9.17, 15) is 19.7 Å². The van der Waals surface area contributed by atoms with Crippen LogP contribution in [0.4, 0.5) is 11.4 Å². The zero-order valence-electron chi connectivity index (χ0n) is 15.3. The van der Waals surface area contributed by atoms with E-state index in [0.29, 0.717) is 5.69 Å². The molecule has 1 amide bonds. The highest BCUT2D eigenvalue weighted by atomic mass is 16.6. The minimum atomic E-state index is -0.973. The highest BCUT2D eigenvalue weighted by molar-refractivity contribution is 6.06. The molecule has 1 aliphatic heterocycles. The van der Waals surface area contributed by atoms with Gasteiger partial charge in [-0.25, -0.2) is 0 Å². The second-order valence-corrected chi connectivity index (χ2v) is 6.11. The topological polar surface area (TPSA) is 99.0 Å². The average molecular weight is 382 g/mol. The molecule has 0 aliphatic carbocycles. The fraction of sp³-hybridized carbons (Fsp3) is 0.200. The Balaban J connectivity index is 1.95. The second-order valence-electron chi connectivity index (χ2n) is 6.11. The van der Waals surface area contributed by atoms with Crippen molar-refractivity contribution in [3.05, 3.63) is 70.3 Å². The van der Waals surface area contributed by atoms with Crippen molar-refractivity contribution < 1.29 is 24.0 Å². The van der Waals surface area contributed by atoms with Gasteiger partial charge in [-0.3, -0.25) is 24.6 Å². The first kappa shape index (κ1) is 19.1. The van der Waals surface area contributed by atoms with Crippen LogP contribution in [0.25, 0.3) is 6.08 Å². The molecule has 0 spiro atoms. The minimum Gasteiger partial charge on any atom is -0.490 e. The lowest BCUT2D eigenvalue weighted by molar-refractivity contribution is -0.385. The monoisotopic (exact) mass is 382 g/mol. The number of nitrogens with zero attached hydrogens (tertiary/aromatic N) is 2. The van der Waals surface area contributed by atoms with Crippen molar-refractivity contribution in [1.29, 1.82) is 0 Å². The Morgan fingerprint density at radius 2 is 1.93 bits per heavy atom. The molecule has 8 heteroatoms. The van der Waals surface area contributed by atoms with Crippen LogP contribution >= 0.6 is 0 Å². The number of esters is 1. The minimum absolute atomic E-state index is 0.0923. The molecule has 0 bridgehead atoms.